The number of ether oxygens (including phenoxy) is 2. The molecule has 1 fully saturated rings. The van der Waals surface area contributed by atoms with Crippen molar-refractivity contribution in [3.63, 3.8) is 0 Å². The maximum atomic E-state index is 11.6. The summed E-state index contributed by atoms with van der Waals surface area (Å²) >= 11 is 0. The molecule has 1 heterocycles. The largest absolute Gasteiger partial charge is 0.462 e. The highest BCUT2D eigenvalue weighted by Gasteiger charge is 2.35. The molecular weight excluding hydrogens is 222 g/mol. The second kappa shape index (κ2) is 6.00. The summed E-state index contributed by atoms with van der Waals surface area (Å²) in [5.74, 6) is -0.584. The third kappa shape index (κ3) is 4.34. The molecule has 5 nitrogen and oxygen atoms in total. The Bertz CT molecular complexity index is 260. The zero-order valence-electron chi connectivity index (χ0n) is 10.9. The van der Waals surface area contributed by atoms with Gasteiger partial charge in [-0.05, 0) is 40.5 Å². The molecule has 0 unspecified atom stereocenters. The highest BCUT2D eigenvalue weighted by molar-refractivity contribution is 5.81. The van der Waals surface area contributed by atoms with Gasteiger partial charge in [0.15, 0.2) is 0 Å². The number of hydrogen-bond donors (Lipinski definition) is 1. The lowest BCUT2D eigenvalue weighted by atomic mass is 10.2. The van der Waals surface area contributed by atoms with Crippen molar-refractivity contribution in [3.05, 3.63) is 0 Å². The van der Waals surface area contributed by atoms with E-state index in [1.807, 2.05) is 0 Å². The van der Waals surface area contributed by atoms with Crippen LogP contribution in [0.4, 0.5) is 0 Å². The molecule has 0 radical (unpaired) electrons. The molecule has 1 aliphatic heterocycles. The molecule has 0 aromatic rings. The molecule has 1 aliphatic rings. The van der Waals surface area contributed by atoms with Gasteiger partial charge in [0.25, 0.3) is 0 Å². The first-order chi connectivity index (χ1) is 7.90. The van der Waals surface area contributed by atoms with E-state index in [0.717, 1.165) is 0 Å². The summed E-state index contributed by atoms with van der Waals surface area (Å²) in [7, 11) is 0. The minimum atomic E-state index is -0.387. The second-order valence-electron chi connectivity index (χ2n) is 4.82. The van der Waals surface area contributed by atoms with Crippen molar-refractivity contribution in [3.8, 4) is 0 Å². The van der Waals surface area contributed by atoms with Gasteiger partial charge in [0.2, 0.25) is 0 Å². The van der Waals surface area contributed by atoms with E-state index in [4.69, 9.17) is 9.47 Å². The van der Waals surface area contributed by atoms with Gasteiger partial charge in [0.05, 0.1) is 12.2 Å². The zero-order valence-corrected chi connectivity index (χ0v) is 10.9. The van der Waals surface area contributed by atoms with Crippen LogP contribution in [0.25, 0.3) is 0 Å². The van der Waals surface area contributed by atoms with Crippen molar-refractivity contribution >= 4 is 11.9 Å². The summed E-state index contributed by atoms with van der Waals surface area (Å²) in [6.45, 7) is 7.21. The van der Waals surface area contributed by atoms with Gasteiger partial charge in [-0.3, -0.25) is 14.9 Å². The van der Waals surface area contributed by atoms with Gasteiger partial charge in [-0.15, -0.1) is 0 Å². The Hall–Kier alpha value is -1.10. The molecule has 5 heteroatoms. The minimum Gasteiger partial charge on any atom is -0.462 e. The van der Waals surface area contributed by atoms with Crippen molar-refractivity contribution in [2.75, 3.05) is 0 Å². The maximum Gasteiger partial charge on any atom is 0.323 e. The van der Waals surface area contributed by atoms with E-state index >= 15 is 0 Å². The summed E-state index contributed by atoms with van der Waals surface area (Å²) in [5, 5.41) is 2.95. The van der Waals surface area contributed by atoms with Crippen molar-refractivity contribution in [2.45, 2.75) is 64.8 Å². The molecule has 0 saturated carbocycles. The Morgan fingerprint density at radius 2 is 1.29 bits per heavy atom. The van der Waals surface area contributed by atoms with Crippen LogP contribution >= 0.6 is 0 Å². The zero-order chi connectivity index (χ0) is 13.0. The van der Waals surface area contributed by atoms with Gasteiger partial charge in [-0.1, -0.05) is 0 Å². The molecule has 1 rings (SSSR count). The third-order valence-corrected chi connectivity index (χ3v) is 2.42. The number of carbonyl (C=O) groups is 2. The number of esters is 2. The highest BCUT2D eigenvalue weighted by Crippen LogP contribution is 2.16. The summed E-state index contributed by atoms with van der Waals surface area (Å²) in [6, 6.07) is -0.774. The van der Waals surface area contributed by atoms with Crippen LogP contribution in [0.2, 0.25) is 0 Å². The number of hydrogen-bond acceptors (Lipinski definition) is 5. The van der Waals surface area contributed by atoms with Crippen LogP contribution in [0.5, 0.6) is 0 Å². The fourth-order valence-corrected chi connectivity index (χ4v) is 1.74. The fourth-order valence-electron chi connectivity index (χ4n) is 1.74. The average Bonchev–Trinajstić information content (AvgIpc) is 2.63. The van der Waals surface area contributed by atoms with Gasteiger partial charge in [0, 0.05) is 0 Å². The SMILES string of the molecule is CC(C)OC(=O)[C@@H]1CC[C@@H](C(=O)OC(C)C)N1. The first kappa shape index (κ1) is 14.0. The lowest BCUT2D eigenvalue weighted by Crippen LogP contribution is -2.42. The Labute approximate surface area is 102 Å². The Morgan fingerprint density at radius 1 is 0.941 bits per heavy atom. The Morgan fingerprint density at radius 3 is 1.59 bits per heavy atom. The third-order valence-electron chi connectivity index (χ3n) is 2.42. The van der Waals surface area contributed by atoms with E-state index in [0.29, 0.717) is 12.8 Å². The first-order valence-electron chi connectivity index (χ1n) is 6.07. The summed E-state index contributed by atoms with van der Waals surface area (Å²) in [5.41, 5.74) is 0. The maximum absolute atomic E-state index is 11.6. The van der Waals surface area contributed by atoms with Gasteiger partial charge in [-0.25, -0.2) is 0 Å². The van der Waals surface area contributed by atoms with E-state index in [9.17, 15) is 9.59 Å². The van der Waals surface area contributed by atoms with E-state index < -0.39 is 0 Å². The van der Waals surface area contributed by atoms with E-state index in [1.165, 1.54) is 0 Å². The smallest absolute Gasteiger partial charge is 0.323 e. The van der Waals surface area contributed by atoms with E-state index in [-0.39, 0.29) is 36.2 Å². The topological polar surface area (TPSA) is 64.6 Å². The molecule has 0 amide bonds. The number of carbonyl (C=O) groups excluding carboxylic acids is 2. The van der Waals surface area contributed by atoms with Gasteiger partial charge in [-0.2, -0.15) is 0 Å². The highest BCUT2D eigenvalue weighted by atomic mass is 16.5. The molecule has 0 aliphatic carbocycles. The molecule has 0 aromatic heterocycles. The fraction of sp³-hybridized carbons (Fsp3) is 0.833. The van der Waals surface area contributed by atoms with Crippen LogP contribution < -0.4 is 5.32 Å². The minimum absolute atomic E-state index is 0.133. The Kier molecular flexibility index (Phi) is 4.93. The van der Waals surface area contributed by atoms with Crippen molar-refractivity contribution in [1.82, 2.24) is 5.32 Å². The first-order valence-corrected chi connectivity index (χ1v) is 6.07. The van der Waals surface area contributed by atoms with Gasteiger partial charge < -0.3 is 9.47 Å². The van der Waals surface area contributed by atoms with Crippen LogP contribution in [0.15, 0.2) is 0 Å². The normalized spacial score (nSPS) is 24.1. The second-order valence-corrected chi connectivity index (χ2v) is 4.82. The van der Waals surface area contributed by atoms with Gasteiger partial charge in [0.1, 0.15) is 12.1 Å². The number of nitrogens with one attached hydrogen (secondary N) is 1. The molecule has 98 valence electrons. The van der Waals surface area contributed by atoms with Crippen molar-refractivity contribution in [1.29, 1.82) is 0 Å². The van der Waals surface area contributed by atoms with Crippen LogP contribution in [-0.4, -0.2) is 36.2 Å². The molecular formula is C12H21NO4. The van der Waals surface area contributed by atoms with Crippen molar-refractivity contribution < 1.29 is 19.1 Å². The molecule has 0 spiro atoms. The van der Waals surface area contributed by atoms with Gasteiger partial charge >= 0.3 is 11.9 Å². The standard InChI is InChI=1S/C12H21NO4/c1-7(2)16-11(14)9-5-6-10(13-9)12(15)17-8(3)4/h7-10,13H,5-6H2,1-4H3/t9-,10-/m0/s1. The van der Waals surface area contributed by atoms with Crippen LogP contribution in [0.1, 0.15) is 40.5 Å². The quantitative estimate of drug-likeness (QED) is 0.746. The molecule has 1 saturated heterocycles. The summed E-state index contributed by atoms with van der Waals surface area (Å²) in [6.07, 6.45) is 0.962. The van der Waals surface area contributed by atoms with Crippen molar-refractivity contribution in [2.24, 2.45) is 0 Å². The molecule has 0 aromatic carbocycles. The van der Waals surface area contributed by atoms with E-state index in [1.54, 1.807) is 27.7 Å². The van der Waals surface area contributed by atoms with E-state index in [2.05, 4.69) is 5.32 Å². The molecule has 2 atom stereocenters. The Balaban J connectivity index is 2.41. The molecule has 17 heavy (non-hydrogen) atoms. The van der Waals surface area contributed by atoms with Crippen LogP contribution in [-0.2, 0) is 19.1 Å². The predicted molar refractivity (Wildman–Crippen MR) is 62.4 cm³/mol. The summed E-state index contributed by atoms with van der Waals surface area (Å²) in [4.78, 5) is 23.2. The molecule has 0 bridgehead atoms. The average molecular weight is 243 g/mol. The van der Waals surface area contributed by atoms with Crippen LogP contribution in [0.3, 0.4) is 0 Å². The van der Waals surface area contributed by atoms with Crippen LogP contribution in [0, 0.1) is 0 Å². The lowest BCUT2D eigenvalue weighted by molar-refractivity contribution is -0.151. The summed E-state index contributed by atoms with van der Waals surface area (Å²) < 4.78 is 10.2. The lowest BCUT2D eigenvalue weighted by Gasteiger charge is -2.16. The monoisotopic (exact) mass is 243 g/mol. The molecule has 1 N–H and O–H groups in total. The number of rotatable bonds is 4. The predicted octanol–water partition coefficient (Wildman–Crippen LogP) is 1.01.